The third kappa shape index (κ3) is 3.33. The smallest absolute Gasteiger partial charge is 0.339 e. The van der Waals surface area contributed by atoms with E-state index >= 15 is 0 Å². The zero-order valence-corrected chi connectivity index (χ0v) is 14.9. The van der Waals surface area contributed by atoms with Gasteiger partial charge in [0.15, 0.2) is 5.76 Å². The second kappa shape index (κ2) is 6.69. The molecule has 2 N–H and O–H groups in total. The third-order valence-corrected chi connectivity index (χ3v) is 7.08. The Morgan fingerprint density at radius 2 is 1.78 bits per heavy atom. The Hall–Kier alpha value is -1.27. The number of hydrogen-bond donors (Lipinski definition) is 2. The summed E-state index contributed by atoms with van der Waals surface area (Å²) in [4.78, 5) is 20.2. The van der Waals surface area contributed by atoms with Crippen molar-refractivity contribution in [2.24, 2.45) is 0 Å². The van der Waals surface area contributed by atoms with E-state index in [-0.39, 0.29) is 18.6 Å². The van der Waals surface area contributed by atoms with Gasteiger partial charge in [-0.3, -0.25) is 8.77 Å². The number of rotatable bonds is 6. The van der Waals surface area contributed by atoms with E-state index in [2.05, 4.69) is 5.16 Å². The van der Waals surface area contributed by atoms with Crippen LogP contribution in [0.4, 0.5) is 0 Å². The highest BCUT2D eigenvalue weighted by molar-refractivity contribution is 7.84. The lowest BCUT2D eigenvalue weighted by Gasteiger charge is -2.29. The van der Waals surface area contributed by atoms with Crippen molar-refractivity contribution in [2.45, 2.75) is 36.7 Å². The van der Waals surface area contributed by atoms with Crippen LogP contribution in [0.15, 0.2) is 39.8 Å². The van der Waals surface area contributed by atoms with Crippen molar-refractivity contribution in [3.63, 3.8) is 0 Å². The van der Waals surface area contributed by atoms with Crippen LogP contribution in [-0.4, -0.2) is 25.4 Å². The van der Waals surface area contributed by atoms with Crippen LogP contribution in [0.3, 0.4) is 0 Å². The normalized spacial score (nSPS) is 14.0. The zero-order valence-electron chi connectivity index (χ0n) is 13.2. The lowest BCUT2D eigenvalue weighted by molar-refractivity contribution is 0.270. The number of hydrogen-bond acceptors (Lipinski definition) is 4. The Labute approximate surface area is 137 Å². The minimum Gasteiger partial charge on any atom is -0.359 e. The Balaban J connectivity index is 2.43. The van der Waals surface area contributed by atoms with E-state index in [9.17, 15) is 18.6 Å². The van der Waals surface area contributed by atoms with E-state index in [1.807, 2.05) is 0 Å². The minimum absolute atomic E-state index is 0.189. The van der Waals surface area contributed by atoms with E-state index in [1.165, 1.54) is 0 Å². The molecule has 0 aliphatic rings. The van der Waals surface area contributed by atoms with Crippen molar-refractivity contribution >= 4 is 18.4 Å². The molecule has 0 spiro atoms. The van der Waals surface area contributed by atoms with Crippen LogP contribution in [0, 0.1) is 0 Å². The maximum absolute atomic E-state index is 12.0. The molecule has 0 fully saturated rings. The standard InChI is InChI=1S/C15H20NO5PS/c1-4-15(5-2,22(17,18)19)14-10-13(16-21-14)11-6-8-12(9-7-11)23(3)20/h6-10H,4-5H2,1-3H3,(H2,17,18,19). The lowest BCUT2D eigenvalue weighted by Crippen LogP contribution is -2.23. The van der Waals surface area contributed by atoms with Gasteiger partial charge >= 0.3 is 7.60 Å². The fourth-order valence-electron chi connectivity index (χ4n) is 2.60. The summed E-state index contributed by atoms with van der Waals surface area (Å²) in [6, 6.07) is 8.56. The molecule has 1 aromatic carbocycles. The average molecular weight is 357 g/mol. The highest BCUT2D eigenvalue weighted by atomic mass is 32.2. The topological polar surface area (TPSA) is 101 Å². The maximum atomic E-state index is 12.0. The first-order valence-corrected chi connectivity index (χ1v) is 10.4. The molecule has 1 aromatic heterocycles. The maximum Gasteiger partial charge on any atom is 0.339 e. The predicted molar refractivity (Wildman–Crippen MR) is 88.6 cm³/mol. The minimum atomic E-state index is -4.40. The number of aromatic nitrogens is 1. The van der Waals surface area contributed by atoms with Gasteiger partial charge in [0, 0.05) is 33.6 Å². The van der Waals surface area contributed by atoms with Crippen molar-refractivity contribution in [1.82, 2.24) is 5.16 Å². The molecule has 0 radical (unpaired) electrons. The second-order valence-corrected chi connectivity index (χ2v) is 8.66. The van der Waals surface area contributed by atoms with Crippen molar-refractivity contribution in [3.8, 4) is 11.3 Å². The summed E-state index contributed by atoms with van der Waals surface area (Å²) in [5.41, 5.74) is 1.23. The van der Waals surface area contributed by atoms with Crippen LogP contribution in [0.25, 0.3) is 11.3 Å². The molecule has 23 heavy (non-hydrogen) atoms. The molecule has 1 heterocycles. The SMILES string of the molecule is CCC(CC)(c1cc(-c2ccc(S(C)=O)cc2)no1)P(=O)(O)O. The van der Waals surface area contributed by atoms with Crippen LogP contribution in [0.5, 0.6) is 0 Å². The van der Waals surface area contributed by atoms with E-state index in [1.54, 1.807) is 50.4 Å². The Morgan fingerprint density at radius 1 is 1.22 bits per heavy atom. The summed E-state index contributed by atoms with van der Waals surface area (Å²) in [6.07, 6.45) is 2.09. The summed E-state index contributed by atoms with van der Waals surface area (Å²) < 4.78 is 28.6. The Bertz CT molecular complexity index is 745. The average Bonchev–Trinajstić information content (AvgIpc) is 2.98. The summed E-state index contributed by atoms with van der Waals surface area (Å²) >= 11 is 0. The van der Waals surface area contributed by atoms with Gasteiger partial charge in [0.1, 0.15) is 10.9 Å². The number of benzene rings is 1. The molecule has 0 amide bonds. The molecule has 0 saturated carbocycles. The largest absolute Gasteiger partial charge is 0.359 e. The summed E-state index contributed by atoms with van der Waals surface area (Å²) in [6.45, 7) is 3.44. The van der Waals surface area contributed by atoms with E-state index in [0.717, 1.165) is 5.56 Å². The molecule has 1 unspecified atom stereocenters. The van der Waals surface area contributed by atoms with Crippen molar-refractivity contribution in [2.75, 3.05) is 6.26 Å². The molecule has 126 valence electrons. The molecule has 6 nitrogen and oxygen atoms in total. The Morgan fingerprint density at radius 3 is 2.22 bits per heavy atom. The van der Waals surface area contributed by atoms with Gasteiger partial charge in [0.25, 0.3) is 0 Å². The monoisotopic (exact) mass is 357 g/mol. The van der Waals surface area contributed by atoms with Gasteiger partial charge in [-0.2, -0.15) is 0 Å². The fraction of sp³-hybridized carbons (Fsp3) is 0.400. The third-order valence-electron chi connectivity index (χ3n) is 4.18. The van der Waals surface area contributed by atoms with Crippen LogP contribution in [0.2, 0.25) is 0 Å². The van der Waals surface area contributed by atoms with Crippen LogP contribution < -0.4 is 0 Å². The second-order valence-electron chi connectivity index (χ2n) is 5.34. The first kappa shape index (κ1) is 18.1. The van der Waals surface area contributed by atoms with Gasteiger partial charge in [-0.15, -0.1) is 0 Å². The molecule has 0 saturated heterocycles. The molecule has 2 rings (SSSR count). The van der Waals surface area contributed by atoms with Crippen molar-refractivity contribution in [1.29, 1.82) is 0 Å². The molecule has 0 aliphatic carbocycles. The van der Waals surface area contributed by atoms with Crippen molar-refractivity contribution < 1.29 is 23.1 Å². The van der Waals surface area contributed by atoms with Crippen LogP contribution in [0.1, 0.15) is 32.4 Å². The van der Waals surface area contributed by atoms with E-state index < -0.39 is 23.6 Å². The first-order valence-electron chi connectivity index (χ1n) is 7.22. The molecule has 2 aromatic rings. The first-order chi connectivity index (χ1) is 10.7. The van der Waals surface area contributed by atoms with Gasteiger partial charge in [-0.25, -0.2) is 0 Å². The van der Waals surface area contributed by atoms with Gasteiger partial charge in [-0.05, 0) is 25.0 Å². The van der Waals surface area contributed by atoms with E-state index in [4.69, 9.17) is 4.52 Å². The van der Waals surface area contributed by atoms with Crippen molar-refractivity contribution in [3.05, 3.63) is 36.1 Å². The highest BCUT2D eigenvalue weighted by Crippen LogP contribution is 2.61. The molecule has 0 bridgehead atoms. The molecular formula is C15H20NO5PS. The molecule has 8 heteroatoms. The van der Waals surface area contributed by atoms with Crippen LogP contribution >= 0.6 is 7.60 Å². The van der Waals surface area contributed by atoms with E-state index in [0.29, 0.717) is 10.6 Å². The number of nitrogens with zero attached hydrogens (tertiary/aromatic N) is 1. The van der Waals surface area contributed by atoms with Gasteiger partial charge in [0.2, 0.25) is 0 Å². The van der Waals surface area contributed by atoms with Crippen LogP contribution in [-0.2, 0) is 20.5 Å². The summed E-state index contributed by atoms with van der Waals surface area (Å²) in [7, 11) is -5.47. The molecule has 1 atom stereocenters. The fourth-order valence-corrected chi connectivity index (χ4v) is 4.34. The summed E-state index contributed by atoms with van der Waals surface area (Å²) in [5, 5.41) is 2.58. The Kier molecular flexibility index (Phi) is 5.26. The predicted octanol–water partition coefficient (Wildman–Crippen LogP) is 3.27. The van der Waals surface area contributed by atoms with Gasteiger partial charge in [0.05, 0.1) is 0 Å². The molecular weight excluding hydrogens is 337 g/mol. The van der Waals surface area contributed by atoms with Gasteiger partial charge in [-0.1, -0.05) is 31.1 Å². The lowest BCUT2D eigenvalue weighted by atomic mass is 9.98. The zero-order chi connectivity index (χ0) is 17.3. The highest BCUT2D eigenvalue weighted by Gasteiger charge is 2.48. The summed E-state index contributed by atoms with van der Waals surface area (Å²) in [5.74, 6) is 0.189. The van der Waals surface area contributed by atoms with Gasteiger partial charge < -0.3 is 14.3 Å². The molecule has 0 aliphatic heterocycles. The quantitative estimate of drug-likeness (QED) is 0.770.